The first-order valence-electron chi connectivity index (χ1n) is 6.30. The third-order valence-corrected chi connectivity index (χ3v) is 3.09. The summed E-state index contributed by atoms with van der Waals surface area (Å²) in [5.74, 6) is 0. The zero-order chi connectivity index (χ0) is 14.5. The molecule has 1 unspecified atom stereocenters. The second-order valence-corrected chi connectivity index (χ2v) is 4.54. The Labute approximate surface area is 117 Å². The van der Waals surface area contributed by atoms with Gasteiger partial charge in [0.25, 0.3) is 5.69 Å². The number of para-hydroxylation sites is 1. The summed E-state index contributed by atoms with van der Waals surface area (Å²) in [6, 6.07) is 14.3. The zero-order valence-corrected chi connectivity index (χ0v) is 11.1. The lowest BCUT2D eigenvalue weighted by atomic mass is 10.1. The number of anilines is 1. The van der Waals surface area contributed by atoms with E-state index in [1.807, 2.05) is 30.3 Å². The van der Waals surface area contributed by atoms with Crippen molar-refractivity contribution in [3.05, 3.63) is 69.8 Å². The van der Waals surface area contributed by atoms with Gasteiger partial charge in [-0.2, -0.15) is 0 Å². The minimum atomic E-state index is -0.712. The second-order valence-electron chi connectivity index (χ2n) is 4.54. The molecule has 0 amide bonds. The van der Waals surface area contributed by atoms with Gasteiger partial charge in [0.15, 0.2) is 0 Å². The fourth-order valence-corrected chi connectivity index (χ4v) is 2.04. The summed E-state index contributed by atoms with van der Waals surface area (Å²) in [5.41, 5.74) is 1.84. The van der Waals surface area contributed by atoms with Crippen LogP contribution in [0.2, 0.25) is 0 Å². The predicted molar refractivity (Wildman–Crippen MR) is 77.7 cm³/mol. The van der Waals surface area contributed by atoms with Crippen molar-refractivity contribution < 1.29 is 10.0 Å². The van der Waals surface area contributed by atoms with Crippen LogP contribution in [0.4, 0.5) is 11.4 Å². The first-order valence-corrected chi connectivity index (χ1v) is 6.30. The summed E-state index contributed by atoms with van der Waals surface area (Å²) in [5, 5.41) is 24.1. The lowest BCUT2D eigenvalue weighted by molar-refractivity contribution is -0.384. The minimum Gasteiger partial charge on any atom is -0.387 e. The van der Waals surface area contributed by atoms with Crippen LogP contribution in [0.3, 0.4) is 0 Å². The Kier molecular flexibility index (Phi) is 4.32. The molecule has 0 saturated heterocycles. The van der Waals surface area contributed by atoms with Crippen molar-refractivity contribution in [2.45, 2.75) is 13.0 Å². The Morgan fingerprint density at radius 1 is 1.20 bits per heavy atom. The normalized spacial score (nSPS) is 11.9. The molecule has 0 fully saturated rings. The topological polar surface area (TPSA) is 75.4 Å². The molecule has 0 heterocycles. The fourth-order valence-electron chi connectivity index (χ4n) is 2.04. The number of benzene rings is 2. The Bertz CT molecular complexity index is 599. The average Bonchev–Trinajstić information content (AvgIpc) is 2.45. The van der Waals surface area contributed by atoms with Gasteiger partial charge in [-0.1, -0.05) is 42.5 Å². The molecule has 0 spiro atoms. The largest absolute Gasteiger partial charge is 0.387 e. The molecular formula is C15H16N2O3. The monoisotopic (exact) mass is 272 g/mol. The number of nitro benzene ring substituents is 1. The van der Waals surface area contributed by atoms with E-state index in [1.54, 1.807) is 25.1 Å². The van der Waals surface area contributed by atoms with Crippen molar-refractivity contribution in [1.29, 1.82) is 0 Å². The fraction of sp³-hybridized carbons (Fsp3) is 0.200. The quantitative estimate of drug-likeness (QED) is 0.648. The molecule has 2 N–H and O–H groups in total. The molecular weight excluding hydrogens is 256 g/mol. The highest BCUT2D eigenvalue weighted by molar-refractivity contribution is 5.65. The molecule has 0 saturated carbocycles. The lowest BCUT2D eigenvalue weighted by Crippen LogP contribution is -2.13. The molecule has 0 radical (unpaired) electrons. The summed E-state index contributed by atoms with van der Waals surface area (Å²) in [4.78, 5) is 10.7. The van der Waals surface area contributed by atoms with E-state index in [9.17, 15) is 15.2 Å². The van der Waals surface area contributed by atoms with E-state index < -0.39 is 11.0 Å². The highest BCUT2D eigenvalue weighted by Crippen LogP contribution is 2.28. The molecule has 2 aromatic carbocycles. The Morgan fingerprint density at radius 2 is 1.90 bits per heavy atom. The Hall–Kier alpha value is -2.40. The van der Waals surface area contributed by atoms with Crippen LogP contribution in [-0.2, 0) is 0 Å². The number of rotatable bonds is 5. The highest BCUT2D eigenvalue weighted by atomic mass is 16.6. The van der Waals surface area contributed by atoms with E-state index in [0.29, 0.717) is 11.3 Å². The lowest BCUT2D eigenvalue weighted by Gasteiger charge is -2.13. The molecule has 20 heavy (non-hydrogen) atoms. The van der Waals surface area contributed by atoms with Crippen molar-refractivity contribution in [3.63, 3.8) is 0 Å². The van der Waals surface area contributed by atoms with Crippen LogP contribution in [0.25, 0.3) is 0 Å². The molecule has 0 aliphatic carbocycles. The van der Waals surface area contributed by atoms with Gasteiger partial charge in [-0.3, -0.25) is 10.1 Å². The van der Waals surface area contributed by atoms with Gasteiger partial charge in [0.2, 0.25) is 0 Å². The SMILES string of the molecule is Cc1cccc(NCC(O)c2ccccc2)c1[N+](=O)[O-]. The van der Waals surface area contributed by atoms with Gasteiger partial charge in [0.1, 0.15) is 5.69 Å². The van der Waals surface area contributed by atoms with Crippen LogP contribution in [-0.4, -0.2) is 16.6 Å². The van der Waals surface area contributed by atoms with E-state index in [1.165, 1.54) is 0 Å². The molecule has 1 atom stereocenters. The van der Waals surface area contributed by atoms with Gasteiger partial charge < -0.3 is 10.4 Å². The zero-order valence-electron chi connectivity index (χ0n) is 11.1. The summed E-state index contributed by atoms with van der Waals surface area (Å²) in [6.07, 6.45) is -0.712. The number of nitro groups is 1. The number of aliphatic hydroxyl groups excluding tert-OH is 1. The van der Waals surface area contributed by atoms with Crippen molar-refractivity contribution in [2.24, 2.45) is 0 Å². The third-order valence-electron chi connectivity index (χ3n) is 3.09. The standard InChI is InChI=1S/C15H16N2O3/c1-11-6-5-9-13(15(11)17(19)20)16-10-14(18)12-7-3-2-4-8-12/h2-9,14,16,18H,10H2,1H3. The average molecular weight is 272 g/mol. The van der Waals surface area contributed by atoms with E-state index in [0.717, 1.165) is 5.56 Å². The number of aryl methyl sites for hydroxylation is 1. The van der Waals surface area contributed by atoms with Crippen LogP contribution in [0.15, 0.2) is 48.5 Å². The molecule has 0 aromatic heterocycles. The molecule has 104 valence electrons. The molecule has 5 heteroatoms. The first-order chi connectivity index (χ1) is 9.59. The maximum Gasteiger partial charge on any atom is 0.295 e. The molecule has 2 rings (SSSR count). The number of aliphatic hydroxyl groups is 1. The highest BCUT2D eigenvalue weighted by Gasteiger charge is 2.17. The van der Waals surface area contributed by atoms with Gasteiger partial charge in [-0.05, 0) is 18.6 Å². The number of nitrogens with zero attached hydrogens (tertiary/aromatic N) is 1. The summed E-state index contributed by atoms with van der Waals surface area (Å²) in [6.45, 7) is 1.91. The van der Waals surface area contributed by atoms with Crippen molar-refractivity contribution in [1.82, 2.24) is 0 Å². The van der Waals surface area contributed by atoms with Gasteiger partial charge in [-0.15, -0.1) is 0 Å². The Balaban J connectivity index is 2.12. The van der Waals surface area contributed by atoms with Gasteiger partial charge in [0, 0.05) is 12.1 Å². The second kappa shape index (κ2) is 6.16. The van der Waals surface area contributed by atoms with Crippen LogP contribution < -0.4 is 5.32 Å². The molecule has 0 bridgehead atoms. The predicted octanol–water partition coefficient (Wildman–Crippen LogP) is 3.05. The van der Waals surface area contributed by atoms with Crippen LogP contribution in [0, 0.1) is 17.0 Å². The maximum absolute atomic E-state index is 11.1. The van der Waals surface area contributed by atoms with E-state index in [4.69, 9.17) is 0 Å². The smallest absolute Gasteiger partial charge is 0.295 e. The van der Waals surface area contributed by atoms with Gasteiger partial charge >= 0.3 is 0 Å². The summed E-state index contributed by atoms with van der Waals surface area (Å²) < 4.78 is 0. The van der Waals surface area contributed by atoms with Crippen molar-refractivity contribution in [3.8, 4) is 0 Å². The minimum absolute atomic E-state index is 0.0489. The first kappa shape index (κ1) is 14.0. The number of hydrogen-bond donors (Lipinski definition) is 2. The number of hydrogen-bond acceptors (Lipinski definition) is 4. The van der Waals surface area contributed by atoms with E-state index in [2.05, 4.69) is 5.32 Å². The third kappa shape index (κ3) is 3.13. The molecule has 5 nitrogen and oxygen atoms in total. The van der Waals surface area contributed by atoms with Crippen molar-refractivity contribution >= 4 is 11.4 Å². The molecule has 0 aliphatic rings. The van der Waals surface area contributed by atoms with E-state index in [-0.39, 0.29) is 12.2 Å². The summed E-state index contributed by atoms with van der Waals surface area (Å²) >= 11 is 0. The summed E-state index contributed by atoms with van der Waals surface area (Å²) in [7, 11) is 0. The van der Waals surface area contributed by atoms with Crippen LogP contribution in [0.5, 0.6) is 0 Å². The number of nitrogens with one attached hydrogen (secondary N) is 1. The van der Waals surface area contributed by atoms with Crippen molar-refractivity contribution in [2.75, 3.05) is 11.9 Å². The van der Waals surface area contributed by atoms with Gasteiger partial charge in [0.05, 0.1) is 11.0 Å². The van der Waals surface area contributed by atoms with Gasteiger partial charge in [-0.25, -0.2) is 0 Å². The maximum atomic E-state index is 11.1. The Morgan fingerprint density at radius 3 is 2.55 bits per heavy atom. The van der Waals surface area contributed by atoms with Crippen LogP contribution in [0.1, 0.15) is 17.2 Å². The molecule has 2 aromatic rings. The van der Waals surface area contributed by atoms with Crippen LogP contribution >= 0.6 is 0 Å². The molecule has 0 aliphatic heterocycles. The van der Waals surface area contributed by atoms with E-state index >= 15 is 0 Å².